The van der Waals surface area contributed by atoms with Gasteiger partial charge in [-0.15, -0.1) is 0 Å². The topological polar surface area (TPSA) is 68.3 Å². The van der Waals surface area contributed by atoms with Gasteiger partial charge in [0.1, 0.15) is 10.0 Å². The molecule has 2 aliphatic rings. The van der Waals surface area contributed by atoms with Crippen molar-refractivity contribution in [3.8, 4) is 0 Å². The van der Waals surface area contributed by atoms with Crippen LogP contribution < -0.4 is 4.72 Å². The molecule has 2 saturated heterocycles. The van der Waals surface area contributed by atoms with Crippen LogP contribution in [0.1, 0.15) is 19.3 Å². The van der Waals surface area contributed by atoms with Gasteiger partial charge in [-0.3, -0.25) is 0 Å². The number of hydrogen-bond acceptors (Lipinski definition) is 4. The second-order valence-corrected chi connectivity index (χ2v) is 7.26. The normalized spacial score (nSPS) is 29.9. The molecule has 2 aliphatic heterocycles. The minimum absolute atomic E-state index is 0.0180. The average Bonchev–Trinajstić information content (AvgIpc) is 2.94. The van der Waals surface area contributed by atoms with E-state index < -0.39 is 10.0 Å². The summed E-state index contributed by atoms with van der Waals surface area (Å²) in [6.45, 7) is 0. The molecule has 5 nitrogen and oxygen atoms in total. The molecule has 2 bridgehead atoms. The molecule has 1 aromatic heterocycles. The highest BCUT2D eigenvalue weighted by molar-refractivity contribution is 7.89. The maximum atomic E-state index is 12.2. The number of sulfonamides is 1. The number of aromatic nitrogens is 1. The van der Waals surface area contributed by atoms with Crippen LogP contribution in [0, 0.1) is 0 Å². The summed E-state index contributed by atoms with van der Waals surface area (Å²) < 4.78 is 32.7. The Morgan fingerprint density at radius 1 is 1.37 bits per heavy atom. The number of halogens is 2. The Morgan fingerprint density at radius 3 is 2.74 bits per heavy atom. The Morgan fingerprint density at radius 2 is 2.16 bits per heavy atom. The molecule has 0 amide bonds. The van der Waals surface area contributed by atoms with Gasteiger partial charge in [-0.05, 0) is 25.3 Å². The average molecular weight is 323 g/mol. The van der Waals surface area contributed by atoms with Crippen LogP contribution in [0.2, 0.25) is 10.2 Å². The Balaban J connectivity index is 1.80. The van der Waals surface area contributed by atoms with E-state index in [9.17, 15) is 8.42 Å². The van der Waals surface area contributed by atoms with Crippen LogP contribution in [0.4, 0.5) is 0 Å². The monoisotopic (exact) mass is 322 g/mol. The van der Waals surface area contributed by atoms with Crippen molar-refractivity contribution in [2.45, 2.75) is 42.4 Å². The quantitative estimate of drug-likeness (QED) is 0.864. The molecule has 8 heteroatoms. The molecule has 1 aromatic rings. The molecule has 3 unspecified atom stereocenters. The molecule has 3 heterocycles. The van der Waals surface area contributed by atoms with Crippen LogP contribution in [0.15, 0.2) is 17.2 Å². The van der Waals surface area contributed by atoms with Crippen LogP contribution in [0.25, 0.3) is 0 Å². The van der Waals surface area contributed by atoms with Gasteiger partial charge in [0.05, 0.1) is 23.3 Å². The second-order valence-electron chi connectivity index (χ2n) is 4.78. The number of hydrogen-bond donors (Lipinski definition) is 1. The van der Waals surface area contributed by atoms with E-state index in [1.807, 2.05) is 0 Å². The zero-order valence-corrected chi connectivity index (χ0v) is 12.2. The fourth-order valence-corrected chi connectivity index (χ4v) is 4.16. The zero-order valence-electron chi connectivity index (χ0n) is 9.84. The summed E-state index contributed by atoms with van der Waals surface area (Å²) in [6, 6.07) is 1.13. The van der Waals surface area contributed by atoms with Gasteiger partial charge in [-0.2, -0.15) is 0 Å². The molecule has 0 spiro atoms. The first-order valence-electron chi connectivity index (χ1n) is 5.94. The third-order valence-corrected chi connectivity index (χ3v) is 5.64. The van der Waals surface area contributed by atoms with Gasteiger partial charge in [-0.25, -0.2) is 18.1 Å². The van der Waals surface area contributed by atoms with Crippen molar-refractivity contribution < 1.29 is 13.2 Å². The molecule has 104 valence electrons. The predicted octanol–water partition coefficient (Wildman–Crippen LogP) is 1.99. The van der Waals surface area contributed by atoms with Crippen molar-refractivity contribution >= 4 is 33.2 Å². The van der Waals surface area contributed by atoms with E-state index in [1.54, 1.807) is 0 Å². The molecule has 0 saturated carbocycles. The molecular formula is C11H12Cl2N2O3S. The molecule has 1 N–H and O–H groups in total. The van der Waals surface area contributed by atoms with Crippen molar-refractivity contribution in [1.82, 2.24) is 9.71 Å². The number of rotatable bonds is 3. The predicted molar refractivity (Wildman–Crippen MR) is 70.9 cm³/mol. The van der Waals surface area contributed by atoms with E-state index in [0.717, 1.165) is 19.3 Å². The zero-order chi connectivity index (χ0) is 13.6. The molecule has 0 aromatic carbocycles. The summed E-state index contributed by atoms with van der Waals surface area (Å²) in [7, 11) is -3.64. The van der Waals surface area contributed by atoms with Crippen molar-refractivity contribution in [3.05, 3.63) is 22.4 Å². The summed E-state index contributed by atoms with van der Waals surface area (Å²) in [6.07, 6.45) is 4.00. The molecular weight excluding hydrogens is 311 g/mol. The first kappa shape index (κ1) is 13.6. The van der Waals surface area contributed by atoms with Crippen molar-refractivity contribution in [2.75, 3.05) is 0 Å². The molecule has 3 rings (SSSR count). The molecule has 0 radical (unpaired) electrons. The lowest BCUT2D eigenvalue weighted by Gasteiger charge is -2.19. The largest absolute Gasteiger partial charge is 0.373 e. The van der Waals surface area contributed by atoms with Gasteiger partial charge in [0.2, 0.25) is 10.0 Å². The van der Waals surface area contributed by atoms with E-state index >= 15 is 0 Å². The first-order chi connectivity index (χ1) is 8.95. The van der Waals surface area contributed by atoms with E-state index in [-0.39, 0.29) is 33.3 Å². The Labute approximate surface area is 121 Å². The fraction of sp³-hybridized carbons (Fsp3) is 0.545. The van der Waals surface area contributed by atoms with Crippen LogP contribution in [-0.4, -0.2) is 31.7 Å². The number of nitrogens with one attached hydrogen (secondary N) is 1. The number of ether oxygens (including phenoxy) is 1. The summed E-state index contributed by atoms with van der Waals surface area (Å²) in [5.41, 5.74) is 0. The number of fused-ring (bicyclic) bond motifs is 2. The van der Waals surface area contributed by atoms with E-state index in [4.69, 9.17) is 27.9 Å². The second kappa shape index (κ2) is 4.86. The van der Waals surface area contributed by atoms with Crippen LogP contribution in [-0.2, 0) is 14.8 Å². The molecule has 19 heavy (non-hydrogen) atoms. The van der Waals surface area contributed by atoms with Crippen LogP contribution in [0.5, 0.6) is 0 Å². The maximum Gasteiger partial charge on any atom is 0.242 e. The van der Waals surface area contributed by atoms with Crippen molar-refractivity contribution in [3.63, 3.8) is 0 Å². The highest BCUT2D eigenvalue weighted by Gasteiger charge is 2.42. The standard InChI is InChI=1S/C11H12Cl2N2O3S/c12-8-4-7(5-14-11(8)13)19(16,17)15-9-3-6-1-2-10(9)18-6/h4-6,9-10,15H,1-3H2. The number of nitrogens with zero attached hydrogens (tertiary/aromatic N) is 1. The summed E-state index contributed by atoms with van der Waals surface area (Å²) >= 11 is 11.5. The van der Waals surface area contributed by atoms with Gasteiger partial charge in [-0.1, -0.05) is 23.2 Å². The van der Waals surface area contributed by atoms with Gasteiger partial charge in [0.15, 0.2) is 0 Å². The van der Waals surface area contributed by atoms with Gasteiger partial charge < -0.3 is 4.74 Å². The summed E-state index contributed by atoms with van der Waals surface area (Å²) in [4.78, 5) is 3.77. The Bertz CT molecular complexity index is 608. The highest BCUT2D eigenvalue weighted by Crippen LogP contribution is 2.35. The van der Waals surface area contributed by atoms with E-state index in [0.29, 0.717) is 0 Å². The lowest BCUT2D eigenvalue weighted by Crippen LogP contribution is -2.41. The molecule has 2 fully saturated rings. The third-order valence-electron chi connectivity index (χ3n) is 3.49. The fourth-order valence-electron chi connectivity index (χ4n) is 2.58. The van der Waals surface area contributed by atoms with Gasteiger partial charge in [0, 0.05) is 6.20 Å². The number of pyridine rings is 1. The summed E-state index contributed by atoms with van der Waals surface area (Å²) in [5.74, 6) is 0. The minimum atomic E-state index is -3.64. The smallest absolute Gasteiger partial charge is 0.242 e. The van der Waals surface area contributed by atoms with Gasteiger partial charge >= 0.3 is 0 Å². The third kappa shape index (κ3) is 2.60. The van der Waals surface area contributed by atoms with Crippen LogP contribution >= 0.6 is 23.2 Å². The molecule has 0 aliphatic carbocycles. The first-order valence-corrected chi connectivity index (χ1v) is 8.18. The minimum Gasteiger partial charge on any atom is -0.373 e. The SMILES string of the molecule is O=S(=O)(NC1CC2CCC1O2)c1cnc(Cl)c(Cl)c1. The van der Waals surface area contributed by atoms with Crippen molar-refractivity contribution in [2.24, 2.45) is 0 Å². The lowest BCUT2D eigenvalue weighted by atomic mass is 9.96. The Kier molecular flexibility index (Phi) is 3.47. The van der Waals surface area contributed by atoms with Crippen LogP contribution in [0.3, 0.4) is 0 Å². The molecule has 3 atom stereocenters. The summed E-state index contributed by atoms with van der Waals surface area (Å²) in [5, 5.41) is 0.206. The Hall–Kier alpha value is -0.400. The van der Waals surface area contributed by atoms with E-state index in [2.05, 4.69) is 9.71 Å². The van der Waals surface area contributed by atoms with Gasteiger partial charge in [0.25, 0.3) is 0 Å². The lowest BCUT2D eigenvalue weighted by molar-refractivity contribution is 0.0996. The maximum absolute atomic E-state index is 12.2. The van der Waals surface area contributed by atoms with E-state index in [1.165, 1.54) is 12.3 Å². The highest BCUT2D eigenvalue weighted by atomic mass is 35.5. The van der Waals surface area contributed by atoms with Crippen molar-refractivity contribution in [1.29, 1.82) is 0 Å².